The van der Waals surface area contributed by atoms with Gasteiger partial charge in [0.2, 0.25) is 0 Å². The van der Waals surface area contributed by atoms with Crippen LogP contribution >= 0.6 is 0 Å². The summed E-state index contributed by atoms with van der Waals surface area (Å²) in [6.07, 6.45) is 2.24. The summed E-state index contributed by atoms with van der Waals surface area (Å²) < 4.78 is 0. The lowest BCUT2D eigenvalue weighted by Crippen LogP contribution is -2.17. The van der Waals surface area contributed by atoms with Gasteiger partial charge in [-0.25, -0.2) is 0 Å². The van der Waals surface area contributed by atoms with Gasteiger partial charge >= 0.3 is 0 Å². The lowest BCUT2D eigenvalue weighted by molar-refractivity contribution is 0.0963. The van der Waals surface area contributed by atoms with E-state index >= 15 is 0 Å². The number of hydrogen-bond donors (Lipinski definition) is 1. The molecule has 0 heterocycles. The second kappa shape index (κ2) is 5.54. The molecule has 82 valence electrons. The minimum Gasteiger partial charge on any atom is -0.355 e. The van der Waals surface area contributed by atoms with Crippen LogP contribution in [0.15, 0.2) is 24.3 Å². The fourth-order valence-electron chi connectivity index (χ4n) is 1.84. The van der Waals surface area contributed by atoms with Crippen LogP contribution in [0.3, 0.4) is 0 Å². The summed E-state index contributed by atoms with van der Waals surface area (Å²) >= 11 is 0. The standard InChI is InChI=1S/C13H19NO/c1-4-10(5-2)11-7-6-8-12(9-11)13(15)14-3/h6-10H,4-5H2,1-3H3,(H,14,15). The van der Waals surface area contributed by atoms with Crippen LogP contribution in [-0.4, -0.2) is 13.0 Å². The van der Waals surface area contributed by atoms with Crippen molar-refractivity contribution in [1.82, 2.24) is 5.32 Å². The predicted octanol–water partition coefficient (Wildman–Crippen LogP) is 2.95. The normalized spacial score (nSPS) is 10.4. The van der Waals surface area contributed by atoms with Crippen LogP contribution in [0, 0.1) is 0 Å². The van der Waals surface area contributed by atoms with E-state index in [-0.39, 0.29) is 5.91 Å². The molecule has 1 aromatic rings. The Morgan fingerprint density at radius 3 is 2.53 bits per heavy atom. The van der Waals surface area contributed by atoms with E-state index < -0.39 is 0 Å². The van der Waals surface area contributed by atoms with Crippen LogP contribution < -0.4 is 5.32 Å². The third-order valence-electron chi connectivity index (χ3n) is 2.83. The van der Waals surface area contributed by atoms with Crippen LogP contribution in [0.2, 0.25) is 0 Å². The van der Waals surface area contributed by atoms with Gasteiger partial charge in [0, 0.05) is 12.6 Å². The Morgan fingerprint density at radius 1 is 1.33 bits per heavy atom. The summed E-state index contributed by atoms with van der Waals surface area (Å²) in [5.74, 6) is 0.553. The van der Waals surface area contributed by atoms with Gasteiger partial charge in [0.15, 0.2) is 0 Å². The topological polar surface area (TPSA) is 29.1 Å². The molecule has 0 aliphatic heterocycles. The molecule has 1 aromatic carbocycles. The first-order chi connectivity index (χ1) is 7.22. The molecule has 0 spiro atoms. The molecule has 0 radical (unpaired) electrons. The molecule has 0 saturated carbocycles. The second-order valence-electron chi connectivity index (χ2n) is 3.72. The quantitative estimate of drug-likeness (QED) is 0.804. The highest BCUT2D eigenvalue weighted by atomic mass is 16.1. The van der Waals surface area contributed by atoms with Gasteiger partial charge in [-0.2, -0.15) is 0 Å². The molecule has 2 heteroatoms. The summed E-state index contributed by atoms with van der Waals surface area (Å²) in [6, 6.07) is 7.91. The number of hydrogen-bond acceptors (Lipinski definition) is 1. The zero-order chi connectivity index (χ0) is 11.3. The molecular formula is C13H19NO. The van der Waals surface area contributed by atoms with Crippen molar-refractivity contribution in [1.29, 1.82) is 0 Å². The monoisotopic (exact) mass is 205 g/mol. The van der Waals surface area contributed by atoms with Crippen molar-refractivity contribution in [2.45, 2.75) is 32.6 Å². The Labute approximate surface area is 91.7 Å². The van der Waals surface area contributed by atoms with Crippen LogP contribution in [0.1, 0.15) is 48.5 Å². The molecule has 0 aromatic heterocycles. The molecule has 0 bridgehead atoms. The average Bonchev–Trinajstić information content (AvgIpc) is 2.30. The van der Waals surface area contributed by atoms with Gasteiger partial charge in [-0.1, -0.05) is 26.0 Å². The zero-order valence-electron chi connectivity index (χ0n) is 9.71. The molecule has 0 fully saturated rings. The van der Waals surface area contributed by atoms with Gasteiger partial charge in [0.1, 0.15) is 0 Å². The van der Waals surface area contributed by atoms with Crippen molar-refractivity contribution in [3.8, 4) is 0 Å². The van der Waals surface area contributed by atoms with E-state index in [9.17, 15) is 4.79 Å². The van der Waals surface area contributed by atoms with Crippen molar-refractivity contribution in [3.63, 3.8) is 0 Å². The summed E-state index contributed by atoms with van der Waals surface area (Å²) in [6.45, 7) is 4.36. The van der Waals surface area contributed by atoms with E-state index in [1.54, 1.807) is 7.05 Å². The summed E-state index contributed by atoms with van der Waals surface area (Å²) in [5, 5.41) is 2.64. The number of amides is 1. The summed E-state index contributed by atoms with van der Waals surface area (Å²) in [4.78, 5) is 11.5. The first kappa shape index (κ1) is 11.8. The molecule has 1 N–H and O–H groups in total. The number of carbonyl (C=O) groups excluding carboxylic acids is 1. The molecule has 0 atom stereocenters. The molecular weight excluding hydrogens is 186 g/mol. The molecule has 0 unspecified atom stereocenters. The molecule has 0 aliphatic carbocycles. The lowest BCUT2D eigenvalue weighted by atomic mass is 9.93. The molecule has 0 aliphatic rings. The first-order valence-corrected chi connectivity index (χ1v) is 5.54. The molecule has 15 heavy (non-hydrogen) atoms. The Balaban J connectivity index is 2.96. The zero-order valence-corrected chi connectivity index (χ0v) is 9.71. The maximum Gasteiger partial charge on any atom is 0.251 e. The summed E-state index contributed by atoms with van der Waals surface area (Å²) in [5.41, 5.74) is 2.02. The number of nitrogens with one attached hydrogen (secondary N) is 1. The SMILES string of the molecule is CCC(CC)c1cccc(C(=O)NC)c1. The van der Waals surface area contributed by atoms with Crippen molar-refractivity contribution in [2.24, 2.45) is 0 Å². The van der Waals surface area contributed by atoms with Gasteiger partial charge in [0.25, 0.3) is 5.91 Å². The van der Waals surface area contributed by atoms with E-state index in [1.807, 2.05) is 18.2 Å². The third-order valence-corrected chi connectivity index (χ3v) is 2.83. The van der Waals surface area contributed by atoms with Gasteiger partial charge in [0.05, 0.1) is 0 Å². The fraction of sp³-hybridized carbons (Fsp3) is 0.462. The molecule has 2 nitrogen and oxygen atoms in total. The van der Waals surface area contributed by atoms with Gasteiger partial charge < -0.3 is 5.32 Å². The predicted molar refractivity (Wildman–Crippen MR) is 63.2 cm³/mol. The van der Waals surface area contributed by atoms with E-state index in [0.717, 1.165) is 18.4 Å². The highest BCUT2D eigenvalue weighted by Gasteiger charge is 2.09. The maximum atomic E-state index is 11.5. The van der Waals surface area contributed by atoms with Crippen molar-refractivity contribution in [3.05, 3.63) is 35.4 Å². The first-order valence-electron chi connectivity index (χ1n) is 5.54. The van der Waals surface area contributed by atoms with Crippen LogP contribution in [0.4, 0.5) is 0 Å². The minimum atomic E-state index is -0.0113. The van der Waals surface area contributed by atoms with Crippen molar-refractivity contribution in [2.75, 3.05) is 7.05 Å². The third kappa shape index (κ3) is 2.82. The van der Waals surface area contributed by atoms with E-state index in [2.05, 4.69) is 25.2 Å². The van der Waals surface area contributed by atoms with Crippen molar-refractivity contribution < 1.29 is 4.79 Å². The highest BCUT2D eigenvalue weighted by Crippen LogP contribution is 2.23. The number of rotatable bonds is 4. The molecule has 0 saturated heterocycles. The Bertz CT molecular complexity index is 329. The van der Waals surface area contributed by atoms with E-state index in [0.29, 0.717) is 5.92 Å². The maximum absolute atomic E-state index is 11.5. The van der Waals surface area contributed by atoms with Crippen LogP contribution in [0.25, 0.3) is 0 Å². The smallest absolute Gasteiger partial charge is 0.251 e. The van der Waals surface area contributed by atoms with E-state index in [4.69, 9.17) is 0 Å². The average molecular weight is 205 g/mol. The Hall–Kier alpha value is -1.31. The Kier molecular flexibility index (Phi) is 4.35. The fourth-order valence-corrected chi connectivity index (χ4v) is 1.84. The second-order valence-corrected chi connectivity index (χ2v) is 3.72. The Morgan fingerprint density at radius 2 is 2.00 bits per heavy atom. The molecule has 1 rings (SSSR count). The lowest BCUT2D eigenvalue weighted by Gasteiger charge is -2.13. The van der Waals surface area contributed by atoms with Crippen LogP contribution in [-0.2, 0) is 0 Å². The van der Waals surface area contributed by atoms with Gasteiger partial charge in [-0.3, -0.25) is 4.79 Å². The summed E-state index contributed by atoms with van der Waals surface area (Å²) in [7, 11) is 1.66. The van der Waals surface area contributed by atoms with Crippen LogP contribution in [0.5, 0.6) is 0 Å². The number of benzene rings is 1. The van der Waals surface area contributed by atoms with Gasteiger partial charge in [-0.05, 0) is 36.5 Å². The number of carbonyl (C=O) groups is 1. The largest absolute Gasteiger partial charge is 0.355 e. The van der Waals surface area contributed by atoms with E-state index in [1.165, 1.54) is 5.56 Å². The van der Waals surface area contributed by atoms with Crippen molar-refractivity contribution >= 4 is 5.91 Å². The highest BCUT2D eigenvalue weighted by molar-refractivity contribution is 5.94. The van der Waals surface area contributed by atoms with Gasteiger partial charge in [-0.15, -0.1) is 0 Å². The minimum absolute atomic E-state index is 0.0113. The molecule has 1 amide bonds.